The molecule has 1 aliphatic heterocycles. The highest BCUT2D eigenvalue weighted by molar-refractivity contribution is 5.77. The van der Waals surface area contributed by atoms with Crippen LogP contribution in [0.5, 0.6) is 0 Å². The normalized spacial score (nSPS) is 20.7. The Morgan fingerprint density at radius 2 is 2.00 bits per heavy atom. The summed E-state index contributed by atoms with van der Waals surface area (Å²) < 4.78 is 18.5. The molecule has 25 heavy (non-hydrogen) atoms. The Morgan fingerprint density at radius 1 is 1.28 bits per heavy atom. The molecule has 5 heteroatoms. The van der Waals surface area contributed by atoms with Gasteiger partial charge in [0.05, 0.1) is 12.5 Å². The number of aliphatic hydroxyl groups is 1. The van der Waals surface area contributed by atoms with Gasteiger partial charge in [0.15, 0.2) is 0 Å². The molecule has 1 aliphatic rings. The van der Waals surface area contributed by atoms with Gasteiger partial charge in [0.2, 0.25) is 0 Å². The van der Waals surface area contributed by atoms with E-state index in [-0.39, 0.29) is 12.2 Å². The molecule has 2 heterocycles. The molecule has 2 atom stereocenters. The topological polar surface area (TPSA) is 59.4 Å². The first-order chi connectivity index (χ1) is 11.9. The summed E-state index contributed by atoms with van der Waals surface area (Å²) in [5, 5.41) is 9.71. The van der Waals surface area contributed by atoms with Crippen LogP contribution in [0.2, 0.25) is 0 Å². The first kappa shape index (κ1) is 17.3. The van der Waals surface area contributed by atoms with E-state index in [9.17, 15) is 14.3 Å². The third-order valence-corrected chi connectivity index (χ3v) is 4.20. The van der Waals surface area contributed by atoms with Crippen molar-refractivity contribution in [2.24, 2.45) is 0 Å². The van der Waals surface area contributed by atoms with Crippen molar-refractivity contribution < 1.29 is 19.0 Å². The summed E-state index contributed by atoms with van der Waals surface area (Å²) >= 11 is 0. The van der Waals surface area contributed by atoms with Crippen LogP contribution in [0.25, 0.3) is 17.2 Å². The summed E-state index contributed by atoms with van der Waals surface area (Å²) in [5.74, 6) is -0.683. The number of esters is 1. The van der Waals surface area contributed by atoms with Gasteiger partial charge >= 0.3 is 5.97 Å². The summed E-state index contributed by atoms with van der Waals surface area (Å²) in [6.45, 7) is 3.81. The summed E-state index contributed by atoms with van der Waals surface area (Å²) in [6.07, 6.45) is 2.91. The average Bonchev–Trinajstić information content (AvgIpc) is 2.53. The van der Waals surface area contributed by atoms with Crippen LogP contribution in [0.3, 0.4) is 0 Å². The molecule has 1 N–H and O–H groups in total. The van der Waals surface area contributed by atoms with Gasteiger partial charge in [0.1, 0.15) is 11.9 Å². The first-order valence-corrected chi connectivity index (χ1v) is 8.22. The maximum Gasteiger partial charge on any atom is 0.309 e. The molecule has 0 spiro atoms. The number of hydrogen-bond acceptors (Lipinski definition) is 4. The van der Waals surface area contributed by atoms with E-state index in [1.165, 1.54) is 12.1 Å². The van der Waals surface area contributed by atoms with Gasteiger partial charge in [-0.25, -0.2) is 4.39 Å². The van der Waals surface area contributed by atoms with Crippen LogP contribution in [0.1, 0.15) is 29.8 Å². The largest absolute Gasteiger partial charge is 0.458 e. The van der Waals surface area contributed by atoms with Crippen molar-refractivity contribution in [1.82, 2.24) is 4.98 Å². The molecule has 0 saturated carbocycles. The monoisotopic (exact) mass is 341 g/mol. The van der Waals surface area contributed by atoms with E-state index >= 15 is 0 Å². The molecule has 4 nitrogen and oxygen atoms in total. The lowest BCUT2D eigenvalue weighted by atomic mass is 9.96. The van der Waals surface area contributed by atoms with E-state index in [0.29, 0.717) is 6.42 Å². The van der Waals surface area contributed by atoms with Gasteiger partial charge in [-0.3, -0.25) is 9.78 Å². The van der Waals surface area contributed by atoms with Crippen LogP contribution in [-0.4, -0.2) is 28.3 Å². The average molecular weight is 341 g/mol. The molecule has 1 aromatic heterocycles. The SMILES string of the molecule is Cc1cc(-c2ccc(F)cc2)c(C=C[C@H]2C[C@H](O)CC(=O)O2)c(C)n1. The van der Waals surface area contributed by atoms with Crippen LogP contribution in [-0.2, 0) is 9.53 Å². The highest BCUT2D eigenvalue weighted by Gasteiger charge is 2.25. The minimum Gasteiger partial charge on any atom is -0.458 e. The smallest absolute Gasteiger partial charge is 0.309 e. The van der Waals surface area contributed by atoms with Crippen LogP contribution < -0.4 is 0 Å². The number of nitrogens with zero attached hydrogens (tertiary/aromatic N) is 1. The number of cyclic esters (lactones) is 1. The van der Waals surface area contributed by atoms with Gasteiger partial charge in [0.25, 0.3) is 0 Å². The minimum absolute atomic E-state index is 0.0380. The third kappa shape index (κ3) is 4.12. The Morgan fingerprint density at radius 3 is 2.68 bits per heavy atom. The van der Waals surface area contributed by atoms with Gasteiger partial charge in [-0.05, 0) is 49.2 Å². The summed E-state index contributed by atoms with van der Waals surface area (Å²) in [6, 6.07) is 8.25. The number of pyridine rings is 1. The fourth-order valence-electron chi connectivity index (χ4n) is 3.05. The van der Waals surface area contributed by atoms with E-state index in [1.807, 2.05) is 26.0 Å². The van der Waals surface area contributed by atoms with Crippen molar-refractivity contribution in [1.29, 1.82) is 0 Å². The van der Waals surface area contributed by atoms with Crippen molar-refractivity contribution in [2.75, 3.05) is 0 Å². The van der Waals surface area contributed by atoms with E-state index in [2.05, 4.69) is 4.98 Å². The number of hydrogen-bond donors (Lipinski definition) is 1. The van der Waals surface area contributed by atoms with Gasteiger partial charge in [-0.15, -0.1) is 0 Å². The van der Waals surface area contributed by atoms with Gasteiger partial charge in [-0.1, -0.05) is 18.2 Å². The number of ether oxygens (including phenoxy) is 1. The second kappa shape index (κ2) is 7.15. The number of rotatable bonds is 3. The number of carbonyl (C=O) groups excluding carboxylic acids is 1. The fraction of sp³-hybridized carbons (Fsp3) is 0.300. The summed E-state index contributed by atoms with van der Waals surface area (Å²) in [7, 11) is 0. The zero-order chi connectivity index (χ0) is 18.0. The van der Waals surface area contributed by atoms with Crippen molar-refractivity contribution in [3.8, 4) is 11.1 Å². The van der Waals surface area contributed by atoms with E-state index in [1.54, 1.807) is 18.2 Å². The Balaban J connectivity index is 1.96. The van der Waals surface area contributed by atoms with Crippen molar-refractivity contribution in [2.45, 2.75) is 38.9 Å². The number of aliphatic hydroxyl groups excluding tert-OH is 1. The Hall–Kier alpha value is -2.53. The fourth-order valence-corrected chi connectivity index (χ4v) is 3.05. The number of aromatic nitrogens is 1. The van der Waals surface area contributed by atoms with Crippen LogP contribution in [0.4, 0.5) is 4.39 Å². The Bertz CT molecular complexity index is 814. The zero-order valence-corrected chi connectivity index (χ0v) is 14.2. The van der Waals surface area contributed by atoms with Crippen molar-refractivity contribution >= 4 is 12.0 Å². The standard InChI is InChI=1S/C20H20FNO3/c1-12-9-19(14-3-5-15(21)6-4-14)18(13(2)22-12)8-7-17-10-16(23)11-20(24)25-17/h3-9,16-17,23H,10-11H2,1-2H3/t16-,17-/m0/s1. The lowest BCUT2D eigenvalue weighted by molar-refractivity contribution is -0.156. The third-order valence-electron chi connectivity index (χ3n) is 4.20. The highest BCUT2D eigenvalue weighted by Crippen LogP contribution is 2.28. The zero-order valence-electron chi connectivity index (χ0n) is 14.2. The van der Waals surface area contributed by atoms with Gasteiger partial charge in [0, 0.05) is 23.4 Å². The number of benzene rings is 1. The maximum atomic E-state index is 13.2. The predicted molar refractivity (Wildman–Crippen MR) is 93.3 cm³/mol. The molecule has 130 valence electrons. The molecule has 0 bridgehead atoms. The summed E-state index contributed by atoms with van der Waals surface area (Å²) in [4.78, 5) is 16.0. The molecule has 0 unspecified atom stereocenters. The lowest BCUT2D eigenvalue weighted by Crippen LogP contribution is -2.31. The maximum absolute atomic E-state index is 13.2. The van der Waals surface area contributed by atoms with Crippen LogP contribution in [0, 0.1) is 19.7 Å². The number of halogens is 1. The van der Waals surface area contributed by atoms with Gasteiger partial charge in [-0.2, -0.15) is 0 Å². The number of aryl methyl sites for hydroxylation is 2. The Labute approximate surface area is 146 Å². The molecule has 1 fully saturated rings. The van der Waals surface area contributed by atoms with Crippen LogP contribution >= 0.6 is 0 Å². The molecular formula is C20H20FNO3. The molecule has 1 saturated heterocycles. The van der Waals surface area contributed by atoms with Crippen LogP contribution in [0.15, 0.2) is 36.4 Å². The molecule has 0 aliphatic carbocycles. The predicted octanol–water partition coefficient (Wildman–Crippen LogP) is 3.58. The highest BCUT2D eigenvalue weighted by atomic mass is 19.1. The van der Waals surface area contributed by atoms with E-state index in [4.69, 9.17) is 4.74 Å². The van der Waals surface area contributed by atoms with Crippen molar-refractivity contribution in [3.63, 3.8) is 0 Å². The van der Waals surface area contributed by atoms with Crippen molar-refractivity contribution in [3.05, 3.63) is 59.2 Å². The molecule has 1 aromatic carbocycles. The molecule has 0 radical (unpaired) electrons. The second-order valence-corrected chi connectivity index (χ2v) is 6.30. The molecular weight excluding hydrogens is 321 g/mol. The van der Waals surface area contributed by atoms with E-state index in [0.717, 1.165) is 28.1 Å². The van der Waals surface area contributed by atoms with Gasteiger partial charge < -0.3 is 9.84 Å². The minimum atomic E-state index is -0.676. The molecule has 2 aromatic rings. The lowest BCUT2D eigenvalue weighted by Gasteiger charge is -2.23. The summed E-state index contributed by atoms with van der Waals surface area (Å²) in [5.41, 5.74) is 4.40. The molecule has 0 amide bonds. The number of carbonyl (C=O) groups is 1. The quantitative estimate of drug-likeness (QED) is 0.867. The second-order valence-electron chi connectivity index (χ2n) is 6.30. The molecule has 3 rings (SSSR count). The first-order valence-electron chi connectivity index (χ1n) is 8.22. The van der Waals surface area contributed by atoms with E-state index < -0.39 is 18.2 Å². The Kier molecular flexibility index (Phi) is 4.95.